The molecule has 0 saturated carbocycles. The minimum atomic E-state index is -0.228. The first kappa shape index (κ1) is 27.4. The molecule has 2 aromatic carbocycles. The summed E-state index contributed by atoms with van der Waals surface area (Å²) in [5, 5.41) is 8.79. The second-order valence-corrected chi connectivity index (χ2v) is 9.42. The molecule has 1 aromatic heterocycles. The van der Waals surface area contributed by atoms with Gasteiger partial charge in [-0.2, -0.15) is 5.10 Å². The second-order valence-electron chi connectivity index (χ2n) is 9.42. The molecule has 36 heavy (non-hydrogen) atoms. The summed E-state index contributed by atoms with van der Waals surface area (Å²) in [7, 11) is 1.56. The number of hydrogen-bond donors (Lipinski definition) is 1. The molecule has 0 unspecified atom stereocenters. The molecule has 0 aliphatic carbocycles. The van der Waals surface area contributed by atoms with E-state index in [1.165, 1.54) is 4.68 Å². The van der Waals surface area contributed by atoms with Gasteiger partial charge in [-0.25, -0.2) is 4.68 Å². The van der Waals surface area contributed by atoms with Crippen molar-refractivity contribution in [2.24, 2.45) is 13.0 Å². The molecule has 2 heterocycles. The van der Waals surface area contributed by atoms with E-state index in [4.69, 9.17) is 0 Å². The molecular formula is C27H34ClN5O3. The quantitative estimate of drug-likeness (QED) is 0.582. The third-order valence-electron chi connectivity index (χ3n) is 6.30. The number of para-hydroxylation sites is 1. The summed E-state index contributed by atoms with van der Waals surface area (Å²) in [5.74, 6) is 0.138. The van der Waals surface area contributed by atoms with Crippen LogP contribution in [0.15, 0.2) is 53.3 Å². The molecule has 9 heteroatoms. The van der Waals surface area contributed by atoms with Crippen LogP contribution in [-0.2, 0) is 18.4 Å². The Morgan fingerprint density at radius 2 is 1.69 bits per heavy atom. The van der Waals surface area contributed by atoms with E-state index in [2.05, 4.69) is 10.4 Å². The Hall–Kier alpha value is -3.23. The number of aryl methyl sites for hydroxylation is 1. The molecule has 3 aromatic rings. The van der Waals surface area contributed by atoms with Crippen molar-refractivity contribution in [1.82, 2.24) is 20.0 Å². The molecule has 2 amide bonds. The Labute approximate surface area is 217 Å². The van der Waals surface area contributed by atoms with Gasteiger partial charge in [0.15, 0.2) is 5.69 Å². The van der Waals surface area contributed by atoms with Crippen LogP contribution in [0.1, 0.15) is 42.7 Å². The van der Waals surface area contributed by atoms with Crippen LogP contribution in [0, 0.1) is 5.92 Å². The van der Waals surface area contributed by atoms with Gasteiger partial charge in [-0.3, -0.25) is 14.4 Å². The van der Waals surface area contributed by atoms with Crippen molar-refractivity contribution in [2.45, 2.75) is 33.2 Å². The number of halogens is 1. The summed E-state index contributed by atoms with van der Waals surface area (Å²) < 4.78 is 1.23. The van der Waals surface area contributed by atoms with Crippen molar-refractivity contribution in [1.29, 1.82) is 0 Å². The third-order valence-corrected chi connectivity index (χ3v) is 6.30. The lowest BCUT2D eigenvalue weighted by atomic mass is 10.1. The van der Waals surface area contributed by atoms with Crippen molar-refractivity contribution in [2.75, 3.05) is 31.1 Å². The largest absolute Gasteiger partial charge is 0.336 e. The number of carbonyl (C=O) groups excluding carboxylic acids is 2. The van der Waals surface area contributed by atoms with Crippen LogP contribution in [0.4, 0.5) is 5.69 Å². The maximum atomic E-state index is 13.6. The van der Waals surface area contributed by atoms with E-state index in [9.17, 15) is 14.4 Å². The lowest BCUT2D eigenvalue weighted by Crippen LogP contribution is -2.40. The number of nitrogens with one attached hydrogen (secondary N) is 1. The number of hydrogen-bond acceptors (Lipinski definition) is 5. The van der Waals surface area contributed by atoms with Crippen LogP contribution in [0.3, 0.4) is 0 Å². The summed E-state index contributed by atoms with van der Waals surface area (Å²) in [6.45, 7) is 6.79. The monoisotopic (exact) mass is 511 g/mol. The first-order chi connectivity index (χ1) is 16.9. The fourth-order valence-corrected chi connectivity index (χ4v) is 4.54. The van der Waals surface area contributed by atoms with E-state index in [-0.39, 0.29) is 41.4 Å². The fraction of sp³-hybridized carbons (Fsp3) is 0.407. The van der Waals surface area contributed by atoms with E-state index in [1.807, 2.05) is 49.1 Å². The van der Waals surface area contributed by atoms with Gasteiger partial charge in [0.2, 0.25) is 5.91 Å². The summed E-state index contributed by atoms with van der Waals surface area (Å²) in [6, 6.07) is 15.1. The first-order valence-corrected chi connectivity index (χ1v) is 12.2. The highest BCUT2D eigenvalue weighted by Gasteiger charge is 2.24. The normalized spacial score (nSPS) is 14.7. The van der Waals surface area contributed by atoms with Crippen LogP contribution < -0.4 is 15.8 Å². The highest BCUT2D eigenvalue weighted by Crippen LogP contribution is 2.23. The standard InChI is InChI=1S/C27H33N5O3.ClH/c1-19(2)17-24(33)32-15-8-14-31(16-13-28-18-20-9-4-7-12-23(20)32)27(35)25-21-10-5-6-11-22(21)26(34)30(3)29-25;/h4-7,9-12,19,28H,8,13-18H2,1-3H3;1H. The molecular weight excluding hydrogens is 478 g/mol. The molecule has 1 aliphatic heterocycles. The molecule has 0 bridgehead atoms. The van der Waals surface area contributed by atoms with Crippen molar-refractivity contribution in [3.8, 4) is 0 Å². The second kappa shape index (κ2) is 12.1. The summed E-state index contributed by atoms with van der Waals surface area (Å²) in [5.41, 5.74) is 2.04. The number of benzene rings is 2. The highest BCUT2D eigenvalue weighted by molar-refractivity contribution is 6.04. The number of fused-ring (bicyclic) bond motifs is 2. The topological polar surface area (TPSA) is 87.5 Å². The lowest BCUT2D eigenvalue weighted by Gasteiger charge is -2.27. The molecule has 1 N–H and O–H groups in total. The molecule has 0 atom stereocenters. The smallest absolute Gasteiger partial charge is 0.274 e. The van der Waals surface area contributed by atoms with E-state index >= 15 is 0 Å². The highest BCUT2D eigenvalue weighted by atomic mass is 35.5. The molecule has 0 radical (unpaired) electrons. The average molecular weight is 512 g/mol. The molecule has 0 spiro atoms. The molecule has 8 nitrogen and oxygen atoms in total. The zero-order chi connectivity index (χ0) is 24.9. The molecule has 0 saturated heterocycles. The van der Waals surface area contributed by atoms with Crippen molar-refractivity contribution in [3.05, 3.63) is 70.1 Å². The SMILES string of the molecule is CC(C)CC(=O)N1CCCN(C(=O)c2nn(C)c(=O)c3ccccc23)CCNCc2ccccc21.Cl. The predicted octanol–water partition coefficient (Wildman–Crippen LogP) is 3.37. The Kier molecular flexibility index (Phi) is 9.23. The van der Waals surface area contributed by atoms with E-state index in [0.29, 0.717) is 56.3 Å². The van der Waals surface area contributed by atoms with Crippen LogP contribution in [0.25, 0.3) is 10.8 Å². The Morgan fingerprint density at radius 3 is 2.44 bits per heavy atom. The van der Waals surface area contributed by atoms with Gasteiger partial charge in [0.1, 0.15) is 0 Å². The number of amides is 2. The van der Waals surface area contributed by atoms with Gasteiger partial charge in [-0.15, -0.1) is 12.4 Å². The minimum absolute atomic E-state index is 0. The van der Waals surface area contributed by atoms with Crippen LogP contribution in [0.5, 0.6) is 0 Å². The van der Waals surface area contributed by atoms with Gasteiger partial charge in [-0.05, 0) is 30.0 Å². The van der Waals surface area contributed by atoms with Crippen molar-refractivity contribution >= 4 is 40.7 Å². The Morgan fingerprint density at radius 1 is 1.00 bits per heavy atom. The summed E-state index contributed by atoms with van der Waals surface area (Å²) in [4.78, 5) is 43.0. The van der Waals surface area contributed by atoms with Crippen molar-refractivity contribution in [3.63, 3.8) is 0 Å². The Bertz CT molecular complexity index is 1290. The molecule has 192 valence electrons. The van der Waals surface area contributed by atoms with E-state index < -0.39 is 0 Å². The lowest BCUT2D eigenvalue weighted by molar-refractivity contribution is -0.119. The number of nitrogens with zero attached hydrogens (tertiary/aromatic N) is 4. The third kappa shape index (κ3) is 5.94. The summed E-state index contributed by atoms with van der Waals surface area (Å²) in [6.07, 6.45) is 1.10. The maximum absolute atomic E-state index is 13.6. The van der Waals surface area contributed by atoms with Gasteiger partial charge < -0.3 is 15.1 Å². The van der Waals surface area contributed by atoms with Gasteiger partial charge in [0.05, 0.1) is 5.39 Å². The van der Waals surface area contributed by atoms with Crippen LogP contribution >= 0.6 is 12.4 Å². The number of rotatable bonds is 3. The molecule has 4 rings (SSSR count). The number of anilines is 1. The Balaban J connectivity index is 0.00000361. The van der Waals surface area contributed by atoms with Gasteiger partial charge in [0, 0.05) is 57.3 Å². The molecule has 0 fully saturated rings. The number of aromatic nitrogens is 2. The predicted molar refractivity (Wildman–Crippen MR) is 145 cm³/mol. The zero-order valence-electron chi connectivity index (χ0n) is 21.1. The minimum Gasteiger partial charge on any atom is -0.336 e. The number of carbonyl (C=O) groups is 2. The van der Waals surface area contributed by atoms with Crippen molar-refractivity contribution < 1.29 is 9.59 Å². The van der Waals surface area contributed by atoms with Crippen LogP contribution in [0.2, 0.25) is 0 Å². The van der Waals surface area contributed by atoms with Crippen LogP contribution in [-0.4, -0.2) is 52.7 Å². The summed E-state index contributed by atoms with van der Waals surface area (Å²) >= 11 is 0. The average Bonchev–Trinajstić information content (AvgIpc) is 2.88. The van der Waals surface area contributed by atoms with E-state index in [1.54, 1.807) is 30.1 Å². The van der Waals surface area contributed by atoms with Gasteiger partial charge in [0.25, 0.3) is 11.5 Å². The zero-order valence-corrected chi connectivity index (χ0v) is 21.9. The molecule has 1 aliphatic rings. The first-order valence-electron chi connectivity index (χ1n) is 12.2. The van der Waals surface area contributed by atoms with Gasteiger partial charge >= 0.3 is 0 Å². The van der Waals surface area contributed by atoms with Gasteiger partial charge in [-0.1, -0.05) is 50.2 Å². The van der Waals surface area contributed by atoms with E-state index in [0.717, 1.165) is 11.3 Å². The fourth-order valence-electron chi connectivity index (χ4n) is 4.54. The maximum Gasteiger partial charge on any atom is 0.274 e.